The molecule has 0 unspecified atom stereocenters. The summed E-state index contributed by atoms with van der Waals surface area (Å²) in [5.74, 6) is 4.20. The minimum atomic E-state index is -2.78. The second-order valence-electron chi connectivity index (χ2n) is 33.7. The molecule has 0 bridgehead atoms. The third-order valence-electron chi connectivity index (χ3n) is 26.5. The van der Waals surface area contributed by atoms with Gasteiger partial charge >= 0.3 is 0 Å². The van der Waals surface area contributed by atoms with Crippen molar-refractivity contribution < 1.29 is 9.47 Å². The predicted molar refractivity (Wildman–Crippen MR) is 557 cm³/mol. The van der Waals surface area contributed by atoms with E-state index in [1.165, 1.54) is 107 Å². The van der Waals surface area contributed by atoms with Crippen LogP contribution in [-0.4, -0.2) is 48.7 Å². The van der Waals surface area contributed by atoms with Crippen LogP contribution in [-0.2, 0) is 0 Å². The van der Waals surface area contributed by atoms with Crippen molar-refractivity contribution in [3.8, 4) is 96.0 Å². The third kappa shape index (κ3) is 14.1. The van der Waals surface area contributed by atoms with Gasteiger partial charge in [0.15, 0.2) is 30.0 Å². The van der Waals surface area contributed by atoms with E-state index in [1.54, 1.807) is 0 Å². The number of fused-ring (bicyclic) bond motifs is 9. The Hall–Kier alpha value is -16.8. The van der Waals surface area contributed by atoms with Crippen molar-refractivity contribution in [2.24, 2.45) is 0 Å². The van der Waals surface area contributed by atoms with Gasteiger partial charge in [-0.1, -0.05) is 394 Å². The molecule has 0 amide bonds. The number of para-hydroxylation sites is 8. The van der Waals surface area contributed by atoms with Gasteiger partial charge in [0, 0.05) is 86.1 Å². The van der Waals surface area contributed by atoms with E-state index in [4.69, 9.17) is 19.4 Å². The van der Waals surface area contributed by atoms with Gasteiger partial charge in [0.2, 0.25) is 0 Å². The van der Waals surface area contributed by atoms with Crippen LogP contribution in [0.5, 0.6) is 23.0 Å². The van der Waals surface area contributed by atoms with E-state index in [0.717, 1.165) is 84.5 Å². The Kier molecular flexibility index (Phi) is 21.2. The van der Waals surface area contributed by atoms with Gasteiger partial charge in [0.1, 0.15) is 23.0 Å². The van der Waals surface area contributed by atoms with Crippen LogP contribution in [0.25, 0.3) is 94.8 Å². The fourth-order valence-electron chi connectivity index (χ4n) is 20.8. The van der Waals surface area contributed by atoms with Crippen LogP contribution in [0.3, 0.4) is 0 Å². The fourth-order valence-corrected chi connectivity index (χ4v) is 35.8. The molecule has 0 saturated carbocycles. The van der Waals surface area contributed by atoms with Crippen molar-refractivity contribution in [2.45, 2.75) is 0 Å². The summed E-state index contributed by atoms with van der Waals surface area (Å²) in [5.41, 5.74) is 18.5. The highest BCUT2D eigenvalue weighted by atomic mass is 28.3. The van der Waals surface area contributed by atoms with Crippen molar-refractivity contribution in [3.05, 3.63) is 522 Å². The summed E-state index contributed by atoms with van der Waals surface area (Å²) in [5, 5.41) is 18.4. The summed E-state index contributed by atoms with van der Waals surface area (Å²) in [6.07, 6.45) is 7.46. The molecule has 3 aliphatic rings. The molecule has 0 aliphatic carbocycles. The minimum absolute atomic E-state index is 0.644. The van der Waals surface area contributed by atoms with Crippen LogP contribution in [0.2, 0.25) is 0 Å². The normalized spacial score (nSPS) is 13.1. The number of hydrogen-bond acceptors (Lipinski definition) is 7. The average molecular weight is 1750 g/mol. The Morgan fingerprint density at radius 3 is 1.01 bits per heavy atom. The first-order valence-electron chi connectivity index (χ1n) is 45.2. The van der Waals surface area contributed by atoms with Crippen LogP contribution in [0, 0.1) is 0 Å². The first kappa shape index (κ1) is 80.7. The number of anilines is 3. The number of hydrogen-bond donors (Lipinski definition) is 0. The molecule has 3 aliphatic heterocycles. The van der Waals surface area contributed by atoms with E-state index >= 15 is 0 Å². The monoisotopic (exact) mass is 1750 g/mol. The molecule has 133 heavy (non-hydrogen) atoms. The van der Waals surface area contributed by atoms with Crippen LogP contribution in [0.4, 0.5) is 17.1 Å². The largest absolute Gasteiger partial charge is 0.457 e. The molecule has 22 aromatic rings. The lowest BCUT2D eigenvalue weighted by molar-refractivity contribution is 0.488. The number of benzene rings is 18. The van der Waals surface area contributed by atoms with Crippen molar-refractivity contribution in [1.29, 1.82) is 0 Å². The summed E-state index contributed by atoms with van der Waals surface area (Å²) in [6.45, 7) is 0. The van der Waals surface area contributed by atoms with Crippen molar-refractivity contribution in [1.82, 2.24) is 24.5 Å². The van der Waals surface area contributed by atoms with E-state index in [2.05, 4.69) is 468 Å². The molecular formula is C122H86N6O2Si3. The smallest absolute Gasteiger partial charge is 0.188 e. The highest BCUT2D eigenvalue weighted by Crippen LogP contribution is 2.45. The lowest BCUT2D eigenvalue weighted by atomic mass is 9.94. The summed E-state index contributed by atoms with van der Waals surface area (Å²) >= 11 is 0. The van der Waals surface area contributed by atoms with Crippen LogP contribution < -0.4 is 76.6 Å². The highest BCUT2D eigenvalue weighted by Gasteiger charge is 2.52. The summed E-state index contributed by atoms with van der Waals surface area (Å²) in [7, 11) is -8.15. The SMILES string of the molecule is c1ccc(-c2cc(-c3ccccc3)nc(-c3cccc4c3Oc3ccccc3[Si]4(c3ccccc3)c3ccccc3)n2)cc1.c1ccc(-n2c3ccccc3c3cc(N4c5ccccc5[Si](c5ccccc5)(c5ccccc5)c5ccccc54)ccc32)cc1.c1ccc([Si]2(c3ccccc3)c3ccccc3Oc3c(-c4cc(-c5cccnc5)cc(-c5cccnc5)c4)cccc32)cc1. The first-order valence-corrected chi connectivity index (χ1v) is 51.2. The van der Waals surface area contributed by atoms with Gasteiger partial charge in [0.05, 0.1) is 28.0 Å². The molecule has 4 aromatic heterocycles. The first-order chi connectivity index (χ1) is 66.0. The molecule has 11 heteroatoms. The van der Waals surface area contributed by atoms with Gasteiger partial charge in [-0.2, -0.15) is 0 Å². The van der Waals surface area contributed by atoms with Crippen molar-refractivity contribution >= 4 is 125 Å². The molecule has 25 rings (SSSR count). The van der Waals surface area contributed by atoms with Gasteiger partial charge in [-0.15, -0.1) is 0 Å². The fraction of sp³-hybridized carbons (Fsp3) is 0. The second kappa shape index (κ2) is 35.0. The lowest BCUT2D eigenvalue weighted by Crippen LogP contribution is -2.77. The van der Waals surface area contributed by atoms with Crippen LogP contribution in [0.1, 0.15) is 0 Å². The van der Waals surface area contributed by atoms with Crippen molar-refractivity contribution in [2.75, 3.05) is 4.90 Å². The van der Waals surface area contributed by atoms with E-state index in [9.17, 15) is 0 Å². The highest BCUT2D eigenvalue weighted by molar-refractivity contribution is 7.22. The zero-order valence-corrected chi connectivity index (χ0v) is 75.7. The zero-order chi connectivity index (χ0) is 88.5. The third-order valence-corrected chi connectivity index (χ3v) is 41.0. The number of nitrogens with zero attached hydrogens (tertiary/aromatic N) is 6. The molecule has 0 atom stereocenters. The summed E-state index contributed by atoms with van der Waals surface area (Å²) < 4.78 is 16.3. The molecular weight excluding hydrogens is 1670 g/mol. The Labute approximate surface area is 776 Å². The van der Waals surface area contributed by atoms with Gasteiger partial charge < -0.3 is 18.9 Å². The maximum Gasteiger partial charge on any atom is 0.188 e. The van der Waals surface area contributed by atoms with Gasteiger partial charge in [0.25, 0.3) is 0 Å². The van der Waals surface area contributed by atoms with E-state index < -0.39 is 24.2 Å². The molecule has 8 nitrogen and oxygen atoms in total. The Bertz CT molecular complexity index is 7400. The number of ether oxygens (including phenoxy) is 2. The number of pyridine rings is 2. The van der Waals surface area contributed by atoms with Crippen molar-refractivity contribution in [3.63, 3.8) is 0 Å². The number of aromatic nitrogens is 5. The topological polar surface area (TPSA) is 78.2 Å². The van der Waals surface area contributed by atoms with Gasteiger partial charge in [-0.3, -0.25) is 9.97 Å². The molecule has 7 heterocycles. The molecule has 0 radical (unpaired) electrons. The standard InChI is InChI=1S/C42H30N2Si.2C40H28N2OSi/c1-4-16-31(17-5-1)43-37-23-11-10-22-35(37)36-30-32(28-29-38(36)43)44-39-24-12-14-26-41(39)45(33-18-6-2-7-19-33,34-20-8-3-9-21-34)42-27-15-13-25-40(42)44;1-5-16-29(17-6-1)34-28-35(30-18-7-2-8-19-30)42-40(41-34)33-24-15-27-38-39(33)43-36-25-13-14-26-37(36)44(38,31-20-9-3-10-21-31)32-22-11-4-12-23-32;1-3-14-34(15-4-1)44(35-16-5-2-6-17-35)38-20-8-7-19-37(38)43-40-36(18-9-21-39(40)44)33-25-31(29-12-10-22-41-27-29)24-32(26-33)30-13-11-23-42-28-30/h1-30H;2*1-28H. The molecule has 0 spiro atoms. The van der Waals surface area contributed by atoms with E-state index in [-0.39, 0.29) is 0 Å². The lowest BCUT2D eigenvalue weighted by Gasteiger charge is -2.45. The maximum atomic E-state index is 6.96. The Balaban J connectivity index is 0.000000113. The number of rotatable bonds is 14. The zero-order valence-electron chi connectivity index (χ0n) is 72.7. The van der Waals surface area contributed by atoms with Gasteiger partial charge in [-0.05, 0) is 182 Å². The quantitative estimate of drug-likeness (QED) is 0.100. The summed E-state index contributed by atoms with van der Waals surface area (Å²) in [6, 6.07) is 179. The molecule has 628 valence electrons. The molecule has 0 fully saturated rings. The average Bonchev–Trinajstić information content (AvgIpc) is 1.08. The Morgan fingerprint density at radius 2 is 0.564 bits per heavy atom. The predicted octanol–water partition coefficient (Wildman–Crippen LogP) is 21.9. The summed E-state index contributed by atoms with van der Waals surface area (Å²) in [4.78, 5) is 21.7. The van der Waals surface area contributed by atoms with Crippen LogP contribution >= 0.6 is 0 Å². The van der Waals surface area contributed by atoms with Gasteiger partial charge in [-0.25, -0.2) is 9.97 Å². The molecule has 0 N–H and O–H groups in total. The molecule has 18 aromatic carbocycles. The minimum Gasteiger partial charge on any atom is -0.457 e. The van der Waals surface area contributed by atoms with Crippen LogP contribution in [0.15, 0.2) is 522 Å². The second-order valence-corrected chi connectivity index (χ2v) is 44.9. The van der Waals surface area contributed by atoms with E-state index in [1.807, 2.05) is 73.3 Å². The van der Waals surface area contributed by atoms with E-state index in [0.29, 0.717) is 5.82 Å². The molecule has 0 saturated heterocycles. The maximum absolute atomic E-state index is 6.96. The Morgan fingerprint density at radius 1 is 0.218 bits per heavy atom.